The van der Waals surface area contributed by atoms with Gasteiger partial charge in [-0.25, -0.2) is 0 Å². The minimum absolute atomic E-state index is 0.108. The van der Waals surface area contributed by atoms with Gasteiger partial charge in [0.1, 0.15) is 0 Å². The van der Waals surface area contributed by atoms with E-state index in [1.807, 2.05) is 48.7 Å². The van der Waals surface area contributed by atoms with Crippen molar-refractivity contribution in [3.63, 3.8) is 0 Å². The standard InChI is InChI=1S/C21H18N2O2S/c1-14(19-11-6-12-26-19)23-25-13-20(24)22-21-17-9-4-2-7-15(17)16-8-3-5-10-18(16)21/h2-12,21H,13H2,1H3,(H,22,24). The molecule has 1 N–H and O–H groups in total. The van der Waals surface area contributed by atoms with E-state index >= 15 is 0 Å². The first-order valence-corrected chi connectivity index (χ1v) is 9.30. The van der Waals surface area contributed by atoms with Gasteiger partial charge < -0.3 is 10.2 Å². The van der Waals surface area contributed by atoms with Gasteiger partial charge in [0.15, 0.2) is 6.61 Å². The SMILES string of the molecule is CC(=NOCC(=O)NC1c2ccccc2-c2ccccc21)c1cccs1. The van der Waals surface area contributed by atoms with Crippen LogP contribution >= 0.6 is 11.3 Å². The Hall–Kier alpha value is -2.92. The Kier molecular flexibility index (Phi) is 4.54. The molecule has 0 saturated carbocycles. The maximum absolute atomic E-state index is 12.4. The maximum atomic E-state index is 12.4. The number of hydrogen-bond acceptors (Lipinski definition) is 4. The highest BCUT2D eigenvalue weighted by Crippen LogP contribution is 2.42. The number of thiophene rings is 1. The van der Waals surface area contributed by atoms with E-state index in [9.17, 15) is 4.79 Å². The molecule has 1 aliphatic rings. The van der Waals surface area contributed by atoms with Crippen LogP contribution < -0.4 is 5.32 Å². The second-order valence-corrected chi connectivity index (χ2v) is 7.05. The van der Waals surface area contributed by atoms with E-state index in [0.717, 1.165) is 21.7 Å². The van der Waals surface area contributed by atoms with E-state index in [0.29, 0.717) is 0 Å². The van der Waals surface area contributed by atoms with E-state index in [-0.39, 0.29) is 18.6 Å². The number of nitrogens with one attached hydrogen (secondary N) is 1. The Morgan fingerprint density at radius 1 is 1.04 bits per heavy atom. The molecule has 4 nitrogen and oxygen atoms in total. The van der Waals surface area contributed by atoms with Gasteiger partial charge in [-0.15, -0.1) is 11.3 Å². The number of carbonyl (C=O) groups is 1. The van der Waals surface area contributed by atoms with Crippen LogP contribution in [0.15, 0.2) is 71.2 Å². The summed E-state index contributed by atoms with van der Waals surface area (Å²) < 4.78 is 0. The van der Waals surface area contributed by atoms with E-state index in [2.05, 4.69) is 34.7 Å². The Morgan fingerprint density at radius 2 is 1.69 bits per heavy atom. The normalized spacial score (nSPS) is 13.2. The highest BCUT2D eigenvalue weighted by Gasteiger charge is 2.29. The minimum atomic E-state index is -0.191. The third kappa shape index (κ3) is 3.13. The summed E-state index contributed by atoms with van der Waals surface area (Å²) in [5.41, 5.74) is 5.33. The van der Waals surface area contributed by atoms with Crippen LogP contribution in [0.1, 0.15) is 29.0 Å². The highest BCUT2D eigenvalue weighted by molar-refractivity contribution is 7.12. The molecule has 0 radical (unpaired) electrons. The number of amides is 1. The van der Waals surface area contributed by atoms with Crippen molar-refractivity contribution >= 4 is 23.0 Å². The summed E-state index contributed by atoms with van der Waals surface area (Å²) in [6.07, 6.45) is 0. The largest absolute Gasteiger partial charge is 0.385 e. The van der Waals surface area contributed by atoms with Gasteiger partial charge in [-0.05, 0) is 40.6 Å². The van der Waals surface area contributed by atoms with E-state index in [1.165, 1.54) is 11.1 Å². The molecule has 2 aromatic carbocycles. The summed E-state index contributed by atoms with van der Waals surface area (Å²) in [4.78, 5) is 18.7. The number of oxime groups is 1. The number of rotatable bonds is 5. The molecule has 0 fully saturated rings. The molecule has 0 atom stereocenters. The van der Waals surface area contributed by atoms with Gasteiger partial charge >= 0.3 is 0 Å². The molecule has 0 spiro atoms. The van der Waals surface area contributed by atoms with Crippen LogP contribution in [0.3, 0.4) is 0 Å². The Morgan fingerprint density at radius 3 is 2.31 bits per heavy atom. The predicted octanol–water partition coefficient (Wildman–Crippen LogP) is 4.37. The summed E-state index contributed by atoms with van der Waals surface area (Å²) in [7, 11) is 0. The Balaban J connectivity index is 1.46. The lowest BCUT2D eigenvalue weighted by Gasteiger charge is -2.15. The molecule has 0 saturated heterocycles. The average Bonchev–Trinajstić information content (AvgIpc) is 3.30. The van der Waals surface area contributed by atoms with Crippen LogP contribution in [0.5, 0.6) is 0 Å². The third-order valence-corrected chi connectivity index (χ3v) is 5.39. The summed E-state index contributed by atoms with van der Waals surface area (Å²) in [5.74, 6) is -0.191. The molecule has 1 aromatic heterocycles. The Labute approximate surface area is 156 Å². The monoisotopic (exact) mass is 362 g/mol. The molecule has 130 valence electrons. The minimum Gasteiger partial charge on any atom is -0.385 e. The smallest absolute Gasteiger partial charge is 0.261 e. The number of carbonyl (C=O) groups excluding carboxylic acids is 1. The summed E-state index contributed by atoms with van der Waals surface area (Å²) >= 11 is 1.59. The van der Waals surface area contributed by atoms with Crippen LogP contribution in [0.25, 0.3) is 11.1 Å². The lowest BCUT2D eigenvalue weighted by Crippen LogP contribution is -2.31. The average molecular weight is 362 g/mol. The van der Waals surface area contributed by atoms with Crippen molar-refractivity contribution < 1.29 is 9.63 Å². The van der Waals surface area contributed by atoms with Crippen LogP contribution in [-0.2, 0) is 9.63 Å². The second kappa shape index (κ2) is 7.14. The number of benzene rings is 2. The van der Waals surface area contributed by atoms with Crippen LogP contribution in [0, 0.1) is 0 Å². The quantitative estimate of drug-likeness (QED) is 0.541. The Bertz CT molecular complexity index is 918. The third-order valence-electron chi connectivity index (χ3n) is 4.41. The summed E-state index contributed by atoms with van der Waals surface area (Å²) in [6, 6.07) is 20.1. The van der Waals surface area contributed by atoms with Crippen LogP contribution in [0.4, 0.5) is 0 Å². The summed E-state index contributed by atoms with van der Waals surface area (Å²) in [5, 5.41) is 9.09. The van der Waals surface area contributed by atoms with Gasteiger partial charge in [-0.3, -0.25) is 4.79 Å². The van der Waals surface area contributed by atoms with Crippen molar-refractivity contribution in [3.05, 3.63) is 82.0 Å². The van der Waals surface area contributed by atoms with Gasteiger partial charge in [-0.1, -0.05) is 59.8 Å². The van der Waals surface area contributed by atoms with Crippen LogP contribution in [0.2, 0.25) is 0 Å². The highest BCUT2D eigenvalue weighted by atomic mass is 32.1. The van der Waals surface area contributed by atoms with E-state index in [1.54, 1.807) is 11.3 Å². The zero-order valence-corrected chi connectivity index (χ0v) is 15.1. The lowest BCUT2D eigenvalue weighted by molar-refractivity contribution is -0.126. The number of nitrogens with zero attached hydrogens (tertiary/aromatic N) is 1. The van der Waals surface area contributed by atoms with Gasteiger partial charge in [0.2, 0.25) is 0 Å². The first-order chi connectivity index (χ1) is 12.7. The fourth-order valence-electron chi connectivity index (χ4n) is 3.23. The molecule has 0 unspecified atom stereocenters. The van der Waals surface area contributed by atoms with Crippen molar-refractivity contribution in [2.45, 2.75) is 13.0 Å². The molecule has 5 heteroatoms. The van der Waals surface area contributed by atoms with Crippen molar-refractivity contribution in [3.8, 4) is 11.1 Å². The molecule has 4 rings (SSSR count). The molecule has 0 aliphatic heterocycles. The molecular weight excluding hydrogens is 344 g/mol. The van der Waals surface area contributed by atoms with Gasteiger partial charge in [-0.2, -0.15) is 0 Å². The second-order valence-electron chi connectivity index (χ2n) is 6.10. The topological polar surface area (TPSA) is 50.7 Å². The van der Waals surface area contributed by atoms with Gasteiger partial charge in [0.05, 0.1) is 16.6 Å². The van der Waals surface area contributed by atoms with Crippen molar-refractivity contribution in [2.24, 2.45) is 5.16 Å². The van der Waals surface area contributed by atoms with E-state index < -0.39 is 0 Å². The first kappa shape index (κ1) is 16.5. The van der Waals surface area contributed by atoms with Crippen molar-refractivity contribution in [2.75, 3.05) is 6.61 Å². The summed E-state index contributed by atoms with van der Waals surface area (Å²) in [6.45, 7) is 1.76. The zero-order chi connectivity index (χ0) is 17.9. The van der Waals surface area contributed by atoms with Crippen LogP contribution in [-0.4, -0.2) is 18.2 Å². The molecular formula is C21H18N2O2S. The zero-order valence-electron chi connectivity index (χ0n) is 14.3. The van der Waals surface area contributed by atoms with Gasteiger partial charge in [0.25, 0.3) is 5.91 Å². The van der Waals surface area contributed by atoms with Crippen molar-refractivity contribution in [1.29, 1.82) is 0 Å². The van der Waals surface area contributed by atoms with E-state index in [4.69, 9.17) is 4.84 Å². The maximum Gasteiger partial charge on any atom is 0.261 e. The van der Waals surface area contributed by atoms with Gasteiger partial charge in [0, 0.05) is 0 Å². The molecule has 1 aliphatic carbocycles. The predicted molar refractivity (Wildman–Crippen MR) is 104 cm³/mol. The molecule has 1 amide bonds. The molecule has 26 heavy (non-hydrogen) atoms. The number of hydrogen-bond donors (Lipinski definition) is 1. The fourth-order valence-corrected chi connectivity index (χ4v) is 3.90. The fraction of sp³-hybridized carbons (Fsp3) is 0.143. The number of fused-ring (bicyclic) bond motifs is 3. The molecule has 0 bridgehead atoms. The lowest BCUT2D eigenvalue weighted by atomic mass is 10.1. The molecule has 1 heterocycles. The molecule has 3 aromatic rings. The van der Waals surface area contributed by atoms with Crippen molar-refractivity contribution in [1.82, 2.24) is 5.32 Å². The first-order valence-electron chi connectivity index (χ1n) is 8.42.